The minimum Gasteiger partial charge on any atom is -0.508 e. The second-order valence-corrected chi connectivity index (χ2v) is 27.6. The number of hydrogen-bond acceptors (Lipinski definition) is 21. The number of guanidine groups is 1. The molecule has 36 nitrogen and oxygen atoms in total. The number of carbonyl (C=O) groups excluding carboxylic acids is 12. The molecular weight excluding hydrogens is 1480 g/mol. The lowest BCUT2D eigenvalue weighted by molar-refractivity contribution is -0.137. The lowest BCUT2D eigenvalue weighted by Gasteiger charge is -2.29. The quantitative estimate of drug-likeness (QED) is 0.00768. The standard InChI is InChI=1S/C73H96N20O16S2/c1-36(2)59(70(107)88-52(63(100)82-32-58(75)98)24-39-15-19-44(96)20-16-39)91-68(105)56(28-43-31-78-35-83-43)87-66(103)54(26-41-29-80-49-12-7-5-10-46(41)49)86-65(102)53(25-40-17-21-45(97)22-18-40)85-69(106)57(34-111)90-72(109)61(38(4)95)93-67(104)55(27-42-30-81-50-13-8-6-11-47(42)50)89-71(108)60(37(3)94)92-64(101)51(14-9-23-79-73(76)77)84-62(99)48(74)33-110/h5-8,10-13,15-22,29-31,35-38,48,51-57,59-61,80-81,94-97,110-111H,9,14,23-28,32-34,74H2,1-4H3,(H2,75,98)(H,78,83)(H,82,100)(H,84,99)(H,85,106)(H,86,102)(H,87,103)(H,88,107)(H,89,108)(H,90,109)(H,91,105)(H,92,101)(H,93,104)(H4,76,77,79)/t37-,38-,48+,51+,52+,53+,54+,55+,56+,57+,59+,60+,61+/m1/s1. The molecule has 12 amide bonds. The Morgan fingerprint density at radius 2 is 0.856 bits per heavy atom. The molecule has 596 valence electrons. The number of carbonyl (C=O) groups is 12. The average Bonchev–Trinajstić information content (AvgIpc) is 1.76. The van der Waals surface area contributed by atoms with Crippen molar-refractivity contribution in [1.82, 2.24) is 83.7 Å². The summed E-state index contributed by atoms with van der Waals surface area (Å²) in [5, 5.41) is 82.1. The van der Waals surface area contributed by atoms with Gasteiger partial charge in [0, 0.05) is 96.2 Å². The largest absolute Gasteiger partial charge is 0.508 e. The van der Waals surface area contributed by atoms with Crippen LogP contribution in [-0.2, 0) is 89.6 Å². The number of fused-ring (bicyclic) bond motifs is 2. The van der Waals surface area contributed by atoms with Gasteiger partial charge in [0.1, 0.15) is 71.9 Å². The van der Waals surface area contributed by atoms with Crippen LogP contribution in [0.1, 0.15) is 68.5 Å². The van der Waals surface area contributed by atoms with E-state index in [9.17, 15) is 68.4 Å². The molecule has 0 saturated carbocycles. The van der Waals surface area contributed by atoms with Gasteiger partial charge in [-0.1, -0.05) is 74.5 Å². The summed E-state index contributed by atoms with van der Waals surface area (Å²) in [6.07, 6.45) is 1.27. The van der Waals surface area contributed by atoms with Crippen LogP contribution >= 0.6 is 25.3 Å². The van der Waals surface area contributed by atoms with Crippen molar-refractivity contribution < 1.29 is 78.0 Å². The smallest absolute Gasteiger partial charge is 0.245 e. The Morgan fingerprint density at radius 1 is 0.459 bits per heavy atom. The molecule has 0 aliphatic rings. The first-order valence-corrected chi connectivity index (χ1v) is 36.7. The summed E-state index contributed by atoms with van der Waals surface area (Å²) >= 11 is 8.43. The Labute approximate surface area is 648 Å². The number of para-hydroxylation sites is 2. The van der Waals surface area contributed by atoms with Gasteiger partial charge < -0.3 is 116 Å². The fourth-order valence-electron chi connectivity index (χ4n) is 11.8. The number of phenolic OH excluding ortho intramolecular Hbond substituents is 2. The van der Waals surface area contributed by atoms with Crippen molar-refractivity contribution >= 4 is 124 Å². The topological polar surface area (TPSA) is 592 Å². The van der Waals surface area contributed by atoms with Crippen LogP contribution in [-0.4, -0.2) is 220 Å². The third-order valence-electron chi connectivity index (χ3n) is 17.9. The minimum absolute atomic E-state index is 0.0666. The molecule has 26 N–H and O–H groups in total. The van der Waals surface area contributed by atoms with Gasteiger partial charge in [0.05, 0.1) is 31.1 Å². The van der Waals surface area contributed by atoms with E-state index in [0.717, 1.165) is 6.92 Å². The Morgan fingerprint density at radius 3 is 1.29 bits per heavy atom. The number of thiol groups is 2. The van der Waals surface area contributed by atoms with E-state index in [4.69, 9.17) is 22.6 Å². The molecule has 0 saturated heterocycles. The third-order valence-corrected chi connectivity index (χ3v) is 18.6. The Hall–Kier alpha value is -11.7. The number of aromatic amines is 3. The maximum absolute atomic E-state index is 15.2. The molecule has 7 aromatic rings. The zero-order valence-corrected chi connectivity index (χ0v) is 63.0. The molecule has 3 aromatic heterocycles. The summed E-state index contributed by atoms with van der Waals surface area (Å²) in [5.74, 6) is -13.4. The Balaban J connectivity index is 1.14. The van der Waals surface area contributed by atoms with Crippen LogP contribution in [0.2, 0.25) is 0 Å². The number of phenols is 2. The van der Waals surface area contributed by atoms with Gasteiger partial charge in [0.15, 0.2) is 5.96 Å². The lowest BCUT2D eigenvalue weighted by atomic mass is 9.99. The van der Waals surface area contributed by atoms with Crippen LogP contribution < -0.4 is 81.0 Å². The van der Waals surface area contributed by atoms with Crippen molar-refractivity contribution in [3.63, 3.8) is 0 Å². The van der Waals surface area contributed by atoms with Crippen LogP contribution in [0.5, 0.6) is 11.5 Å². The highest BCUT2D eigenvalue weighted by Gasteiger charge is 2.39. The molecule has 0 unspecified atom stereocenters. The highest BCUT2D eigenvalue weighted by atomic mass is 32.1. The first kappa shape index (κ1) is 86.5. The predicted molar refractivity (Wildman–Crippen MR) is 414 cm³/mol. The number of nitrogens with one attached hydrogen (secondary N) is 16. The highest BCUT2D eigenvalue weighted by molar-refractivity contribution is 7.80. The summed E-state index contributed by atoms with van der Waals surface area (Å²) in [6, 6.07) is 8.27. The number of amides is 12. The zero-order chi connectivity index (χ0) is 81.2. The fourth-order valence-corrected chi connectivity index (χ4v) is 12.2. The molecule has 0 radical (unpaired) electrons. The maximum Gasteiger partial charge on any atom is 0.245 e. The SMILES string of the molecule is CC(C)[C@H](NC(=O)[C@H](Cc1cnc[nH]1)NC(=O)[C@H](Cc1c[nH]c2ccccc12)NC(=O)[C@H](Cc1ccc(O)cc1)NC(=O)[C@H](CS)NC(=O)[C@@H](NC(=O)[C@H](Cc1c[nH]c2ccccc12)NC(=O)[C@@H](NC(=O)[C@H](CCCNC(=N)N)NC(=O)[C@@H](N)CS)[C@@H](C)O)[C@@H](C)O)C(=O)N[C@@H](Cc1ccc(O)cc1)C(=O)NCC(N)=O. The molecule has 0 bridgehead atoms. The van der Waals surface area contributed by atoms with Gasteiger partial charge in [-0.2, -0.15) is 25.3 Å². The number of nitrogens with zero attached hydrogens (tertiary/aromatic N) is 1. The fraction of sp³-hybridized carbons (Fsp3) is 0.397. The van der Waals surface area contributed by atoms with Gasteiger partial charge in [0.25, 0.3) is 0 Å². The van der Waals surface area contributed by atoms with E-state index in [1.807, 2.05) is 0 Å². The number of aromatic nitrogens is 4. The van der Waals surface area contributed by atoms with E-state index >= 15 is 9.59 Å². The monoisotopic (exact) mass is 1570 g/mol. The molecule has 0 aliphatic heterocycles. The van der Waals surface area contributed by atoms with Crippen LogP contribution in [0.25, 0.3) is 21.8 Å². The second-order valence-electron chi connectivity index (χ2n) is 26.9. The molecule has 0 fully saturated rings. The minimum atomic E-state index is -1.91. The van der Waals surface area contributed by atoms with Crippen LogP contribution in [0, 0.1) is 11.3 Å². The van der Waals surface area contributed by atoms with Gasteiger partial charge in [-0.3, -0.25) is 62.9 Å². The van der Waals surface area contributed by atoms with E-state index in [1.54, 1.807) is 74.8 Å². The first-order valence-electron chi connectivity index (χ1n) is 35.5. The lowest BCUT2D eigenvalue weighted by Crippen LogP contribution is -2.63. The normalized spacial score (nSPS) is 14.8. The van der Waals surface area contributed by atoms with E-state index < -0.39 is 168 Å². The second kappa shape index (κ2) is 41.7. The van der Waals surface area contributed by atoms with Gasteiger partial charge in [-0.05, 0) is 91.3 Å². The van der Waals surface area contributed by atoms with E-state index in [0.29, 0.717) is 49.8 Å². The molecule has 3 heterocycles. The van der Waals surface area contributed by atoms with Crippen molar-refractivity contribution in [1.29, 1.82) is 5.41 Å². The molecule has 38 heteroatoms. The zero-order valence-electron chi connectivity index (χ0n) is 61.2. The number of imidazole rings is 1. The van der Waals surface area contributed by atoms with Crippen LogP contribution in [0.3, 0.4) is 0 Å². The van der Waals surface area contributed by atoms with Crippen molar-refractivity contribution in [3.8, 4) is 11.5 Å². The first-order chi connectivity index (χ1) is 52.8. The Bertz CT molecular complexity index is 4390. The third kappa shape index (κ3) is 26.0. The summed E-state index contributed by atoms with van der Waals surface area (Å²) in [6.45, 7) is 5.09. The molecular formula is C73H96N20O16S2. The van der Waals surface area contributed by atoms with Crippen molar-refractivity contribution in [2.75, 3.05) is 24.6 Å². The summed E-state index contributed by atoms with van der Waals surface area (Å²) in [7, 11) is 0. The van der Waals surface area contributed by atoms with Crippen molar-refractivity contribution in [3.05, 3.63) is 150 Å². The molecule has 111 heavy (non-hydrogen) atoms. The number of aliphatic hydroxyl groups excluding tert-OH is 2. The predicted octanol–water partition coefficient (Wildman–Crippen LogP) is -3.39. The summed E-state index contributed by atoms with van der Waals surface area (Å²) < 4.78 is 0. The molecule has 13 atom stereocenters. The van der Waals surface area contributed by atoms with E-state index in [2.05, 4.69) is 109 Å². The number of aliphatic hydroxyl groups is 2. The van der Waals surface area contributed by atoms with Gasteiger partial charge in [-0.15, -0.1) is 0 Å². The number of primary amides is 1. The average molecular weight is 1570 g/mol. The summed E-state index contributed by atoms with van der Waals surface area (Å²) in [4.78, 5) is 183. The number of rotatable bonds is 42. The number of aromatic hydroxyl groups is 2. The molecule has 4 aromatic carbocycles. The molecule has 7 rings (SSSR count). The van der Waals surface area contributed by atoms with E-state index in [-0.39, 0.29) is 74.7 Å². The number of hydrogen-bond donors (Lipinski definition) is 25. The number of H-pyrrole nitrogens is 3. The highest BCUT2D eigenvalue weighted by Crippen LogP contribution is 2.23. The van der Waals surface area contributed by atoms with Gasteiger partial charge >= 0.3 is 0 Å². The summed E-state index contributed by atoms with van der Waals surface area (Å²) in [5.41, 5.74) is 20.0. The van der Waals surface area contributed by atoms with E-state index in [1.165, 1.54) is 68.0 Å². The molecule has 0 spiro atoms. The van der Waals surface area contributed by atoms with Gasteiger partial charge in [-0.25, -0.2) is 4.98 Å². The van der Waals surface area contributed by atoms with Crippen molar-refractivity contribution in [2.24, 2.45) is 23.1 Å². The Kier molecular flexibility index (Phi) is 32.5. The maximum atomic E-state index is 15.2. The number of nitrogens with two attached hydrogens (primary N) is 3. The van der Waals surface area contributed by atoms with Crippen LogP contribution in [0.15, 0.2) is 122 Å². The van der Waals surface area contributed by atoms with Crippen LogP contribution in [0.4, 0.5) is 0 Å². The number of benzene rings is 4. The van der Waals surface area contributed by atoms with Crippen molar-refractivity contribution in [2.45, 2.75) is 151 Å². The van der Waals surface area contributed by atoms with Gasteiger partial charge in [0.2, 0.25) is 70.9 Å². The molecule has 0 aliphatic carbocycles.